The van der Waals surface area contributed by atoms with Crippen LogP contribution in [0.5, 0.6) is 0 Å². The lowest BCUT2D eigenvalue weighted by Crippen LogP contribution is -2.48. The lowest BCUT2D eigenvalue weighted by molar-refractivity contribution is -0.137. The van der Waals surface area contributed by atoms with Gasteiger partial charge in [-0.2, -0.15) is 28.1 Å². The molecule has 0 spiro atoms. The molecule has 1 aromatic carbocycles. The quantitative estimate of drug-likeness (QED) is 0.459. The lowest BCUT2D eigenvalue weighted by atomic mass is 10.1. The lowest BCUT2D eigenvalue weighted by Gasteiger charge is -2.36. The van der Waals surface area contributed by atoms with Crippen LogP contribution in [-0.4, -0.2) is 59.2 Å². The van der Waals surface area contributed by atoms with Gasteiger partial charge < -0.3 is 14.7 Å². The Kier molecular flexibility index (Phi) is 6.95. The minimum atomic E-state index is -4.46. The molecular weight excluding hydrogens is 491 g/mol. The second kappa shape index (κ2) is 10.3. The Morgan fingerprint density at radius 2 is 1.58 bits per heavy atom. The fraction of sp³-hybridized carbons (Fsp3) is 0.360. The summed E-state index contributed by atoms with van der Waals surface area (Å²) in [5.41, 5.74) is 0.270. The van der Waals surface area contributed by atoms with E-state index in [4.69, 9.17) is 26.6 Å². The van der Waals surface area contributed by atoms with Gasteiger partial charge in [-0.15, -0.1) is 0 Å². The summed E-state index contributed by atoms with van der Waals surface area (Å²) in [6, 6.07) is 9.96. The second-order valence-electron chi connectivity index (χ2n) is 8.71. The second-order valence-corrected chi connectivity index (χ2v) is 9.15. The summed E-state index contributed by atoms with van der Waals surface area (Å²) in [5.74, 6) is 1.72. The van der Waals surface area contributed by atoms with Gasteiger partial charge in [-0.25, -0.2) is 4.98 Å². The molecule has 2 aromatic heterocycles. The SMILES string of the molecule is FC(F)(F)c1cccnc1N1CCN(c2nc(Cc3cccc(Cl)c3)nc(N3CC=CCC3)n2)CC1. The van der Waals surface area contributed by atoms with E-state index in [0.717, 1.165) is 24.6 Å². The van der Waals surface area contributed by atoms with E-state index >= 15 is 0 Å². The number of aromatic nitrogens is 4. The van der Waals surface area contributed by atoms with Gasteiger partial charge in [0.15, 0.2) is 0 Å². The molecule has 2 aliphatic rings. The highest BCUT2D eigenvalue weighted by atomic mass is 35.5. The smallest absolute Gasteiger partial charge is 0.353 e. The summed E-state index contributed by atoms with van der Waals surface area (Å²) in [6.45, 7) is 3.20. The summed E-state index contributed by atoms with van der Waals surface area (Å²) in [6.07, 6.45) is 2.57. The Morgan fingerprint density at radius 1 is 0.833 bits per heavy atom. The third kappa shape index (κ3) is 5.53. The zero-order chi connectivity index (χ0) is 25.1. The zero-order valence-electron chi connectivity index (χ0n) is 19.5. The molecule has 0 saturated carbocycles. The Labute approximate surface area is 212 Å². The van der Waals surface area contributed by atoms with Gasteiger partial charge in [0.2, 0.25) is 11.9 Å². The van der Waals surface area contributed by atoms with Gasteiger partial charge in [-0.3, -0.25) is 0 Å². The van der Waals surface area contributed by atoms with E-state index in [1.54, 1.807) is 4.90 Å². The Balaban J connectivity index is 1.38. The first kappa shape index (κ1) is 24.3. The van der Waals surface area contributed by atoms with Crippen LogP contribution < -0.4 is 14.7 Å². The van der Waals surface area contributed by atoms with E-state index in [1.807, 2.05) is 29.2 Å². The molecule has 0 unspecified atom stereocenters. The largest absolute Gasteiger partial charge is 0.419 e. The van der Waals surface area contributed by atoms with Crippen molar-refractivity contribution in [2.75, 3.05) is 54.0 Å². The molecule has 188 valence electrons. The van der Waals surface area contributed by atoms with Gasteiger partial charge in [0.25, 0.3) is 0 Å². The van der Waals surface area contributed by atoms with Crippen LogP contribution in [0.25, 0.3) is 0 Å². The van der Waals surface area contributed by atoms with Crippen LogP contribution in [0, 0.1) is 0 Å². The third-order valence-corrected chi connectivity index (χ3v) is 6.44. The van der Waals surface area contributed by atoms with Crippen LogP contribution in [0.2, 0.25) is 5.02 Å². The third-order valence-electron chi connectivity index (χ3n) is 6.20. The predicted octanol–water partition coefficient (Wildman–Crippen LogP) is 4.62. The normalized spacial score (nSPS) is 16.5. The summed E-state index contributed by atoms with van der Waals surface area (Å²) in [5, 5.41) is 0.645. The number of alkyl halides is 3. The van der Waals surface area contributed by atoms with Crippen LogP contribution in [0.1, 0.15) is 23.4 Å². The number of hydrogen-bond donors (Lipinski definition) is 0. The zero-order valence-corrected chi connectivity index (χ0v) is 20.3. The summed E-state index contributed by atoms with van der Waals surface area (Å²) in [7, 11) is 0. The van der Waals surface area contributed by atoms with E-state index < -0.39 is 11.7 Å². The average molecular weight is 516 g/mol. The van der Waals surface area contributed by atoms with E-state index in [0.29, 0.717) is 61.9 Å². The molecule has 0 bridgehead atoms. The first-order valence-electron chi connectivity index (χ1n) is 11.8. The Morgan fingerprint density at radius 3 is 2.28 bits per heavy atom. The van der Waals surface area contributed by atoms with Gasteiger partial charge in [-0.1, -0.05) is 35.9 Å². The van der Waals surface area contributed by atoms with Gasteiger partial charge >= 0.3 is 6.18 Å². The molecule has 0 amide bonds. The number of pyridine rings is 1. The van der Waals surface area contributed by atoms with Crippen molar-refractivity contribution in [3.8, 4) is 0 Å². The van der Waals surface area contributed by atoms with Crippen LogP contribution in [0.4, 0.5) is 30.9 Å². The van der Waals surface area contributed by atoms with E-state index in [-0.39, 0.29) is 5.82 Å². The van der Waals surface area contributed by atoms with Crippen LogP contribution in [0.15, 0.2) is 54.7 Å². The predicted molar refractivity (Wildman–Crippen MR) is 134 cm³/mol. The molecule has 0 radical (unpaired) electrons. The van der Waals surface area contributed by atoms with E-state index in [9.17, 15) is 13.2 Å². The van der Waals surface area contributed by atoms with Crippen molar-refractivity contribution in [2.45, 2.75) is 19.0 Å². The maximum Gasteiger partial charge on any atom is 0.419 e. The topological polar surface area (TPSA) is 61.3 Å². The molecule has 11 heteroatoms. The minimum Gasteiger partial charge on any atom is -0.353 e. The molecule has 1 saturated heterocycles. The summed E-state index contributed by atoms with van der Waals surface area (Å²) < 4.78 is 40.5. The number of nitrogens with zero attached hydrogens (tertiary/aromatic N) is 7. The van der Waals surface area contributed by atoms with Gasteiger partial charge in [0, 0.05) is 56.9 Å². The molecule has 1 fully saturated rings. The molecular formula is C25H25ClF3N7. The molecule has 3 aromatic rings. The van der Waals surface area contributed by atoms with Crippen LogP contribution >= 0.6 is 11.6 Å². The van der Waals surface area contributed by atoms with Crippen LogP contribution in [0.3, 0.4) is 0 Å². The minimum absolute atomic E-state index is 0.0391. The maximum atomic E-state index is 13.5. The standard InChI is InChI=1S/C25H25ClF3N7/c26-19-7-4-6-18(16-19)17-21-31-23(35-10-2-1-3-11-35)33-24(32-21)36-14-12-34(13-15-36)22-20(25(27,28)29)8-5-9-30-22/h1-2,4-9,16H,3,10-15,17H2. The number of rotatable bonds is 5. The van der Waals surface area contributed by atoms with Crippen molar-refractivity contribution in [2.24, 2.45) is 0 Å². The number of benzene rings is 1. The summed E-state index contributed by atoms with van der Waals surface area (Å²) >= 11 is 6.16. The Hall–Kier alpha value is -3.40. The van der Waals surface area contributed by atoms with Crippen molar-refractivity contribution < 1.29 is 13.2 Å². The number of hydrogen-bond acceptors (Lipinski definition) is 7. The highest BCUT2D eigenvalue weighted by molar-refractivity contribution is 6.30. The highest BCUT2D eigenvalue weighted by Gasteiger charge is 2.36. The van der Waals surface area contributed by atoms with Crippen molar-refractivity contribution in [3.05, 3.63) is 76.7 Å². The fourth-order valence-electron chi connectivity index (χ4n) is 4.40. The number of piperazine rings is 1. The van der Waals surface area contributed by atoms with Crippen molar-refractivity contribution in [1.29, 1.82) is 0 Å². The molecule has 2 aliphatic heterocycles. The number of halogens is 4. The highest BCUT2D eigenvalue weighted by Crippen LogP contribution is 2.35. The molecule has 36 heavy (non-hydrogen) atoms. The van der Waals surface area contributed by atoms with E-state index in [1.165, 1.54) is 12.3 Å². The molecule has 5 rings (SSSR count). The first-order valence-corrected chi connectivity index (χ1v) is 12.2. The monoisotopic (exact) mass is 515 g/mol. The molecule has 7 nitrogen and oxygen atoms in total. The van der Waals surface area contributed by atoms with Gasteiger partial charge in [0.05, 0.1) is 5.56 Å². The van der Waals surface area contributed by atoms with Crippen molar-refractivity contribution in [1.82, 2.24) is 19.9 Å². The van der Waals surface area contributed by atoms with Gasteiger partial charge in [-0.05, 0) is 36.2 Å². The fourth-order valence-corrected chi connectivity index (χ4v) is 4.61. The molecule has 4 heterocycles. The average Bonchev–Trinajstić information content (AvgIpc) is 2.89. The molecule has 0 aliphatic carbocycles. The molecule has 0 N–H and O–H groups in total. The maximum absolute atomic E-state index is 13.5. The van der Waals surface area contributed by atoms with E-state index in [2.05, 4.69) is 22.0 Å². The van der Waals surface area contributed by atoms with Crippen molar-refractivity contribution >= 4 is 29.3 Å². The van der Waals surface area contributed by atoms with Crippen LogP contribution in [-0.2, 0) is 12.6 Å². The number of anilines is 3. The van der Waals surface area contributed by atoms with Gasteiger partial charge in [0.1, 0.15) is 11.6 Å². The first-order chi connectivity index (χ1) is 17.4. The molecule has 0 atom stereocenters. The van der Waals surface area contributed by atoms with Crippen molar-refractivity contribution in [3.63, 3.8) is 0 Å². The summed E-state index contributed by atoms with van der Waals surface area (Å²) in [4.78, 5) is 24.0. The Bertz CT molecular complexity index is 1240.